The first kappa shape index (κ1) is 13.3. The molecule has 1 aliphatic heterocycles. The topological polar surface area (TPSA) is 9.23 Å². The summed E-state index contributed by atoms with van der Waals surface area (Å²) in [6, 6.07) is 10.4. The van der Waals surface area contributed by atoms with E-state index in [9.17, 15) is 0 Å². The highest BCUT2D eigenvalue weighted by atomic mass is 32.2. The van der Waals surface area contributed by atoms with Crippen molar-refractivity contribution < 1.29 is 4.74 Å². The minimum Gasteiger partial charge on any atom is -0.377 e. The van der Waals surface area contributed by atoms with Crippen LogP contribution in [0.1, 0.15) is 18.9 Å². The predicted molar refractivity (Wildman–Crippen MR) is 78.6 cm³/mol. The quantitative estimate of drug-likeness (QED) is 0.721. The van der Waals surface area contributed by atoms with Crippen LogP contribution >= 0.6 is 23.5 Å². The van der Waals surface area contributed by atoms with Gasteiger partial charge in [0, 0.05) is 18.1 Å². The molecule has 0 spiro atoms. The molecule has 3 heteroatoms. The molecule has 1 saturated heterocycles. The minimum atomic E-state index is 0.749. The average Bonchev–Trinajstić information content (AvgIpc) is 2.89. The lowest BCUT2D eigenvalue weighted by atomic mass is 10.1. The van der Waals surface area contributed by atoms with E-state index >= 15 is 0 Å². The van der Waals surface area contributed by atoms with Crippen molar-refractivity contribution in [3.05, 3.63) is 35.9 Å². The summed E-state index contributed by atoms with van der Waals surface area (Å²) >= 11 is 4.22. The van der Waals surface area contributed by atoms with Gasteiger partial charge in [-0.05, 0) is 17.9 Å². The van der Waals surface area contributed by atoms with Crippen LogP contribution in [0.4, 0.5) is 0 Å². The zero-order valence-corrected chi connectivity index (χ0v) is 11.9. The molecule has 1 nitrogen and oxygen atoms in total. The van der Waals surface area contributed by atoms with E-state index < -0.39 is 0 Å². The van der Waals surface area contributed by atoms with Crippen molar-refractivity contribution in [2.24, 2.45) is 5.92 Å². The van der Waals surface area contributed by atoms with Crippen LogP contribution in [0, 0.1) is 5.92 Å². The van der Waals surface area contributed by atoms with Crippen LogP contribution in [0.2, 0.25) is 0 Å². The van der Waals surface area contributed by atoms with Crippen LogP contribution in [0.25, 0.3) is 0 Å². The van der Waals surface area contributed by atoms with Gasteiger partial charge in [0.1, 0.15) is 0 Å². The largest absolute Gasteiger partial charge is 0.377 e. The highest BCUT2D eigenvalue weighted by Gasteiger charge is 2.22. The Balaban J connectivity index is 1.59. The Morgan fingerprint density at radius 1 is 1.24 bits per heavy atom. The van der Waals surface area contributed by atoms with Gasteiger partial charge in [0.2, 0.25) is 0 Å². The third-order valence-corrected chi connectivity index (χ3v) is 6.48. The first-order valence-electron chi connectivity index (χ1n) is 6.21. The lowest BCUT2D eigenvalue weighted by Crippen LogP contribution is -2.10. The SMILES string of the molecule is C[C@@H](CCOCc1ccccc1)C1SCCS1. The van der Waals surface area contributed by atoms with Gasteiger partial charge in [-0.25, -0.2) is 0 Å². The maximum absolute atomic E-state index is 5.73. The molecule has 0 N–H and O–H groups in total. The van der Waals surface area contributed by atoms with E-state index in [4.69, 9.17) is 4.74 Å². The van der Waals surface area contributed by atoms with Crippen LogP contribution in [-0.4, -0.2) is 22.7 Å². The molecule has 2 rings (SSSR count). The van der Waals surface area contributed by atoms with Gasteiger partial charge in [-0.15, -0.1) is 23.5 Å². The Hall–Kier alpha value is -0.120. The number of ether oxygens (including phenoxy) is 1. The Bertz CT molecular complexity index is 309. The van der Waals surface area contributed by atoms with E-state index in [-0.39, 0.29) is 0 Å². The zero-order chi connectivity index (χ0) is 11.9. The maximum atomic E-state index is 5.73. The highest BCUT2D eigenvalue weighted by molar-refractivity contribution is 8.20. The number of hydrogen-bond acceptors (Lipinski definition) is 3. The summed E-state index contributed by atoms with van der Waals surface area (Å²) in [5, 5.41) is 0. The molecule has 0 aliphatic carbocycles. The molecule has 0 radical (unpaired) electrons. The monoisotopic (exact) mass is 268 g/mol. The molecule has 1 heterocycles. The Morgan fingerprint density at radius 3 is 2.65 bits per heavy atom. The third-order valence-electron chi connectivity index (χ3n) is 2.94. The summed E-state index contributed by atoms with van der Waals surface area (Å²) in [6.07, 6.45) is 1.18. The van der Waals surface area contributed by atoms with Gasteiger partial charge < -0.3 is 4.74 Å². The lowest BCUT2D eigenvalue weighted by Gasteiger charge is -2.17. The summed E-state index contributed by atoms with van der Waals surface area (Å²) in [5.74, 6) is 3.41. The molecular formula is C14H20OS2. The number of hydrogen-bond donors (Lipinski definition) is 0. The lowest BCUT2D eigenvalue weighted by molar-refractivity contribution is 0.110. The van der Waals surface area contributed by atoms with Gasteiger partial charge in [0.15, 0.2) is 0 Å². The molecule has 0 amide bonds. The van der Waals surface area contributed by atoms with Gasteiger partial charge in [0.05, 0.1) is 11.2 Å². The van der Waals surface area contributed by atoms with Crippen molar-refractivity contribution >= 4 is 23.5 Å². The number of benzene rings is 1. The first-order valence-corrected chi connectivity index (χ1v) is 8.31. The molecule has 0 unspecified atom stereocenters. The molecular weight excluding hydrogens is 248 g/mol. The van der Waals surface area contributed by atoms with E-state index in [1.165, 1.54) is 23.5 Å². The molecule has 17 heavy (non-hydrogen) atoms. The van der Waals surface area contributed by atoms with Crippen molar-refractivity contribution in [2.45, 2.75) is 24.5 Å². The summed E-state index contributed by atoms with van der Waals surface area (Å²) in [4.78, 5) is 0. The van der Waals surface area contributed by atoms with Crippen LogP contribution < -0.4 is 0 Å². The minimum absolute atomic E-state index is 0.749. The Labute approximate surface area is 113 Å². The second-order valence-electron chi connectivity index (χ2n) is 4.41. The summed E-state index contributed by atoms with van der Waals surface area (Å²) in [5.41, 5.74) is 1.27. The molecule has 1 aliphatic rings. The van der Waals surface area contributed by atoms with Crippen molar-refractivity contribution in [1.29, 1.82) is 0 Å². The average molecular weight is 268 g/mol. The number of rotatable bonds is 6. The summed E-state index contributed by atoms with van der Waals surface area (Å²) in [6.45, 7) is 3.98. The molecule has 1 atom stereocenters. The van der Waals surface area contributed by atoms with Crippen LogP contribution in [0.15, 0.2) is 30.3 Å². The fraction of sp³-hybridized carbons (Fsp3) is 0.571. The second-order valence-corrected chi connectivity index (χ2v) is 7.21. The normalized spacial score (nSPS) is 18.4. The smallest absolute Gasteiger partial charge is 0.0716 e. The Morgan fingerprint density at radius 2 is 1.94 bits per heavy atom. The van der Waals surface area contributed by atoms with E-state index in [0.717, 1.165) is 23.7 Å². The van der Waals surface area contributed by atoms with E-state index in [1.54, 1.807) is 0 Å². The summed E-state index contributed by atoms with van der Waals surface area (Å²) < 4.78 is 6.53. The van der Waals surface area contributed by atoms with Gasteiger partial charge >= 0.3 is 0 Å². The number of thioether (sulfide) groups is 2. The van der Waals surface area contributed by atoms with E-state index in [2.05, 4.69) is 54.7 Å². The second kappa shape index (κ2) is 7.34. The molecule has 1 aromatic carbocycles. The maximum Gasteiger partial charge on any atom is 0.0716 e. The molecule has 0 aromatic heterocycles. The van der Waals surface area contributed by atoms with E-state index in [1.807, 2.05) is 6.07 Å². The third kappa shape index (κ3) is 4.57. The van der Waals surface area contributed by atoms with Gasteiger partial charge in [0.25, 0.3) is 0 Å². The van der Waals surface area contributed by atoms with Crippen LogP contribution in [0.3, 0.4) is 0 Å². The van der Waals surface area contributed by atoms with Crippen molar-refractivity contribution in [3.8, 4) is 0 Å². The van der Waals surface area contributed by atoms with Crippen molar-refractivity contribution in [3.63, 3.8) is 0 Å². The van der Waals surface area contributed by atoms with Crippen molar-refractivity contribution in [2.75, 3.05) is 18.1 Å². The van der Waals surface area contributed by atoms with Crippen molar-refractivity contribution in [1.82, 2.24) is 0 Å². The molecule has 0 bridgehead atoms. The molecule has 1 aromatic rings. The van der Waals surface area contributed by atoms with Gasteiger partial charge in [-0.3, -0.25) is 0 Å². The standard InChI is InChI=1S/C14H20OS2/c1-12(14-16-9-10-17-14)7-8-15-11-13-5-3-2-4-6-13/h2-6,12,14H,7-11H2,1H3/t12-/m0/s1. The first-order chi connectivity index (χ1) is 8.36. The Kier molecular flexibility index (Phi) is 5.75. The van der Waals surface area contributed by atoms with Gasteiger partial charge in [-0.1, -0.05) is 37.3 Å². The zero-order valence-electron chi connectivity index (χ0n) is 10.3. The fourth-order valence-corrected chi connectivity index (χ4v) is 5.00. The van der Waals surface area contributed by atoms with Gasteiger partial charge in [-0.2, -0.15) is 0 Å². The molecule has 0 saturated carbocycles. The molecule has 94 valence electrons. The summed E-state index contributed by atoms with van der Waals surface area (Å²) in [7, 11) is 0. The fourth-order valence-electron chi connectivity index (χ4n) is 1.87. The van der Waals surface area contributed by atoms with E-state index in [0.29, 0.717) is 0 Å². The predicted octanol–water partition coefficient (Wildman–Crippen LogP) is 4.04. The molecule has 1 fully saturated rings. The van der Waals surface area contributed by atoms with Crippen LogP contribution in [0.5, 0.6) is 0 Å². The van der Waals surface area contributed by atoms with Crippen LogP contribution in [-0.2, 0) is 11.3 Å². The highest BCUT2D eigenvalue weighted by Crippen LogP contribution is 2.38.